The summed E-state index contributed by atoms with van der Waals surface area (Å²) in [5, 5.41) is 12.8. The number of esters is 1. The zero-order valence-corrected chi connectivity index (χ0v) is 19.4. The number of methoxy groups -OCH3 is 2. The molecule has 0 aromatic heterocycles. The van der Waals surface area contributed by atoms with E-state index in [4.69, 9.17) is 14.2 Å². The van der Waals surface area contributed by atoms with Gasteiger partial charge in [0.05, 0.1) is 19.8 Å². The van der Waals surface area contributed by atoms with Gasteiger partial charge in [0.15, 0.2) is 0 Å². The molecule has 31 heavy (non-hydrogen) atoms. The first kappa shape index (κ1) is 26.9. The highest BCUT2D eigenvalue weighted by Gasteiger charge is 2.44. The van der Waals surface area contributed by atoms with Gasteiger partial charge in [0.1, 0.15) is 17.7 Å². The number of nitrogens with zero attached hydrogens (tertiary/aromatic N) is 1. The number of likely N-dealkylation sites (tertiary alicyclic amines) is 1. The van der Waals surface area contributed by atoms with Crippen molar-refractivity contribution in [2.24, 2.45) is 5.92 Å². The van der Waals surface area contributed by atoms with Gasteiger partial charge in [-0.3, -0.25) is 4.79 Å². The number of carbonyl (C=O) groups is 3. The number of carbonyl (C=O) groups excluding carboxylic acids is 3. The average Bonchev–Trinajstić information content (AvgIpc) is 3.08. The van der Waals surface area contributed by atoms with Crippen molar-refractivity contribution in [3.63, 3.8) is 0 Å². The molecule has 0 aromatic rings. The second kappa shape index (κ2) is 12.7. The van der Waals surface area contributed by atoms with Crippen molar-refractivity contribution in [1.82, 2.24) is 10.2 Å². The number of rotatable bonds is 11. The van der Waals surface area contributed by atoms with Gasteiger partial charge >= 0.3 is 12.1 Å². The SMILES string of the molecule is C=CCCCCC(COC)C(NC(=O)OC(C)(C)C)C(=O)N1CC(O)CC1C(=O)OC. The highest BCUT2D eigenvalue weighted by atomic mass is 16.6. The summed E-state index contributed by atoms with van der Waals surface area (Å²) in [5.74, 6) is -1.41. The number of aliphatic hydroxyl groups is 1. The van der Waals surface area contributed by atoms with Crippen LogP contribution < -0.4 is 5.32 Å². The molecule has 0 bridgehead atoms. The Morgan fingerprint density at radius 1 is 1.26 bits per heavy atom. The minimum absolute atomic E-state index is 0.0126. The minimum Gasteiger partial charge on any atom is -0.467 e. The molecule has 0 spiro atoms. The van der Waals surface area contributed by atoms with E-state index in [1.807, 2.05) is 6.08 Å². The number of amides is 2. The number of allylic oxidation sites excluding steroid dienone is 1. The lowest BCUT2D eigenvalue weighted by Gasteiger charge is -2.33. The Hall–Kier alpha value is -2.13. The summed E-state index contributed by atoms with van der Waals surface area (Å²) in [4.78, 5) is 39.5. The zero-order valence-electron chi connectivity index (χ0n) is 19.4. The summed E-state index contributed by atoms with van der Waals surface area (Å²) in [6, 6.07) is -1.88. The molecule has 178 valence electrons. The number of hydrogen-bond acceptors (Lipinski definition) is 7. The highest BCUT2D eigenvalue weighted by Crippen LogP contribution is 2.24. The maximum absolute atomic E-state index is 13.5. The molecule has 2 amide bonds. The van der Waals surface area contributed by atoms with E-state index in [1.165, 1.54) is 19.1 Å². The van der Waals surface area contributed by atoms with Gasteiger partial charge in [-0.05, 0) is 40.0 Å². The minimum atomic E-state index is -0.976. The molecule has 2 N–H and O–H groups in total. The summed E-state index contributed by atoms with van der Waals surface area (Å²) in [7, 11) is 2.77. The molecule has 0 radical (unpaired) electrons. The molecule has 1 saturated heterocycles. The fraction of sp³-hybridized carbons (Fsp3) is 0.773. The molecule has 0 saturated carbocycles. The molecular formula is C22H38N2O7. The van der Waals surface area contributed by atoms with Crippen LogP contribution in [0.15, 0.2) is 12.7 Å². The molecule has 4 atom stereocenters. The van der Waals surface area contributed by atoms with Gasteiger partial charge in [-0.15, -0.1) is 6.58 Å². The monoisotopic (exact) mass is 442 g/mol. The number of alkyl carbamates (subject to hydrolysis) is 1. The van der Waals surface area contributed by atoms with Crippen LogP contribution in [0.4, 0.5) is 4.79 Å². The smallest absolute Gasteiger partial charge is 0.408 e. The van der Waals surface area contributed by atoms with E-state index >= 15 is 0 Å². The Bertz CT molecular complexity index is 617. The van der Waals surface area contributed by atoms with Crippen LogP contribution in [-0.2, 0) is 23.8 Å². The van der Waals surface area contributed by atoms with E-state index in [0.29, 0.717) is 6.42 Å². The van der Waals surface area contributed by atoms with Gasteiger partial charge in [-0.25, -0.2) is 9.59 Å². The van der Waals surface area contributed by atoms with Crippen molar-refractivity contribution in [1.29, 1.82) is 0 Å². The number of β-amino-alcohol motifs (C(OH)–C–C–N with tert-alkyl or cyclic N) is 1. The molecule has 0 aromatic carbocycles. The molecule has 9 heteroatoms. The Labute approximate surface area is 185 Å². The van der Waals surface area contributed by atoms with E-state index < -0.39 is 41.8 Å². The van der Waals surface area contributed by atoms with E-state index in [0.717, 1.165) is 19.3 Å². The summed E-state index contributed by atoms with van der Waals surface area (Å²) in [6.07, 6.45) is 3.52. The van der Waals surface area contributed by atoms with Crippen molar-refractivity contribution in [3.05, 3.63) is 12.7 Å². The first-order valence-electron chi connectivity index (χ1n) is 10.7. The fourth-order valence-electron chi connectivity index (χ4n) is 3.67. The van der Waals surface area contributed by atoms with Gasteiger partial charge in [-0.1, -0.05) is 12.5 Å². The highest BCUT2D eigenvalue weighted by molar-refractivity contribution is 5.90. The van der Waals surface area contributed by atoms with Crippen molar-refractivity contribution in [2.75, 3.05) is 27.4 Å². The zero-order chi connectivity index (χ0) is 23.6. The molecule has 1 aliphatic rings. The van der Waals surface area contributed by atoms with E-state index in [2.05, 4.69) is 11.9 Å². The Kier molecular flexibility index (Phi) is 11.0. The summed E-state index contributed by atoms with van der Waals surface area (Å²) in [6.45, 7) is 9.13. The number of ether oxygens (including phenoxy) is 3. The molecule has 4 unspecified atom stereocenters. The van der Waals surface area contributed by atoms with Gasteiger partial charge in [0.2, 0.25) is 5.91 Å². The molecule has 1 heterocycles. The first-order chi connectivity index (χ1) is 14.5. The Balaban J connectivity index is 3.12. The van der Waals surface area contributed by atoms with Gasteiger partial charge in [0, 0.05) is 26.0 Å². The van der Waals surface area contributed by atoms with Crippen LogP contribution in [0.25, 0.3) is 0 Å². The predicted octanol–water partition coefficient (Wildman–Crippen LogP) is 2.02. The number of hydrogen-bond donors (Lipinski definition) is 2. The normalized spacial score (nSPS) is 20.6. The van der Waals surface area contributed by atoms with Crippen LogP contribution in [0.2, 0.25) is 0 Å². The maximum Gasteiger partial charge on any atom is 0.408 e. The summed E-state index contributed by atoms with van der Waals surface area (Å²) < 4.78 is 15.5. The maximum atomic E-state index is 13.5. The van der Waals surface area contributed by atoms with Gasteiger partial charge in [0.25, 0.3) is 0 Å². The number of aliphatic hydroxyl groups excluding tert-OH is 1. The molecule has 0 aliphatic carbocycles. The topological polar surface area (TPSA) is 114 Å². The van der Waals surface area contributed by atoms with E-state index in [-0.39, 0.29) is 25.5 Å². The predicted molar refractivity (Wildman–Crippen MR) is 115 cm³/mol. The standard InChI is InChI=1S/C22H38N2O7/c1-7-8-9-10-11-15(14-29-5)18(23-21(28)31-22(2,3)4)19(26)24-13-16(25)12-17(24)20(27)30-6/h7,15-18,25H,1,8-14H2,2-6H3,(H,23,28). The van der Waals surface area contributed by atoms with Crippen LogP contribution in [0.5, 0.6) is 0 Å². The Morgan fingerprint density at radius 2 is 1.94 bits per heavy atom. The molecule has 1 rings (SSSR count). The second-order valence-electron chi connectivity index (χ2n) is 8.83. The van der Waals surface area contributed by atoms with Crippen molar-refractivity contribution in [2.45, 2.75) is 76.7 Å². The lowest BCUT2D eigenvalue weighted by Crippen LogP contribution is -2.56. The van der Waals surface area contributed by atoms with Crippen LogP contribution >= 0.6 is 0 Å². The molecule has 9 nitrogen and oxygen atoms in total. The summed E-state index contributed by atoms with van der Waals surface area (Å²) >= 11 is 0. The molecule has 1 fully saturated rings. The number of nitrogens with one attached hydrogen (secondary N) is 1. The van der Waals surface area contributed by atoms with Crippen LogP contribution in [-0.4, -0.2) is 79.1 Å². The fourth-order valence-corrected chi connectivity index (χ4v) is 3.67. The van der Waals surface area contributed by atoms with Crippen molar-refractivity contribution in [3.8, 4) is 0 Å². The Morgan fingerprint density at radius 3 is 2.48 bits per heavy atom. The van der Waals surface area contributed by atoms with Crippen LogP contribution in [0.3, 0.4) is 0 Å². The van der Waals surface area contributed by atoms with Crippen molar-refractivity contribution < 1.29 is 33.7 Å². The van der Waals surface area contributed by atoms with E-state index in [1.54, 1.807) is 20.8 Å². The lowest BCUT2D eigenvalue weighted by molar-refractivity contribution is -0.152. The van der Waals surface area contributed by atoms with Gasteiger partial charge < -0.3 is 29.5 Å². The second-order valence-corrected chi connectivity index (χ2v) is 8.83. The first-order valence-corrected chi connectivity index (χ1v) is 10.7. The third kappa shape index (κ3) is 8.86. The largest absolute Gasteiger partial charge is 0.467 e. The van der Waals surface area contributed by atoms with Crippen molar-refractivity contribution >= 4 is 18.0 Å². The van der Waals surface area contributed by atoms with Crippen LogP contribution in [0, 0.1) is 5.92 Å². The molecule has 1 aliphatic heterocycles. The van der Waals surface area contributed by atoms with Gasteiger partial charge in [-0.2, -0.15) is 0 Å². The van der Waals surface area contributed by atoms with Crippen LogP contribution in [0.1, 0.15) is 52.9 Å². The quantitative estimate of drug-likeness (QED) is 0.286. The van der Waals surface area contributed by atoms with E-state index in [9.17, 15) is 19.5 Å². The average molecular weight is 443 g/mol. The lowest BCUT2D eigenvalue weighted by atomic mass is 9.92. The molecular weight excluding hydrogens is 404 g/mol. The number of unbranched alkanes of at least 4 members (excludes halogenated alkanes) is 2. The third-order valence-electron chi connectivity index (χ3n) is 5.06. The summed E-state index contributed by atoms with van der Waals surface area (Å²) in [5.41, 5.74) is -0.739. The third-order valence-corrected chi connectivity index (χ3v) is 5.06.